The van der Waals surface area contributed by atoms with Crippen LogP contribution in [0.3, 0.4) is 0 Å². The molecule has 0 saturated heterocycles. The second kappa shape index (κ2) is 9.75. The van der Waals surface area contributed by atoms with Crippen LogP contribution in [0.2, 0.25) is 5.02 Å². The highest BCUT2D eigenvalue weighted by Gasteiger charge is 2.24. The summed E-state index contributed by atoms with van der Waals surface area (Å²) in [7, 11) is 0. The van der Waals surface area contributed by atoms with Gasteiger partial charge in [-0.3, -0.25) is 0 Å². The van der Waals surface area contributed by atoms with Gasteiger partial charge in [-0.15, -0.1) is 0 Å². The largest absolute Gasteiger partial charge is 0.444 e. The smallest absolute Gasteiger partial charge is 0.410 e. The number of carbonyl (C=O) groups is 1. The van der Waals surface area contributed by atoms with Crippen molar-refractivity contribution in [2.75, 3.05) is 13.1 Å². The van der Waals surface area contributed by atoms with E-state index in [1.165, 1.54) is 0 Å². The predicted molar refractivity (Wildman–Crippen MR) is 117 cm³/mol. The Morgan fingerprint density at radius 1 is 1.22 bits per heavy atom. The summed E-state index contributed by atoms with van der Waals surface area (Å²) in [5, 5.41) is 11.1. The number of nitrogens with zero attached hydrogens (tertiary/aromatic N) is 1. The number of hydrogen-bond acceptors (Lipinski definition) is 3. The minimum atomic E-state index is -0.840. The molecule has 0 spiro atoms. The van der Waals surface area contributed by atoms with Crippen LogP contribution >= 0.6 is 34.2 Å². The summed E-state index contributed by atoms with van der Waals surface area (Å²) in [6, 6.07) is 15.2. The molecule has 0 heterocycles. The fourth-order valence-corrected chi connectivity index (χ4v) is 3.09. The number of aliphatic hydroxyl groups is 1. The second-order valence-corrected chi connectivity index (χ2v) is 9.06. The Morgan fingerprint density at radius 2 is 1.89 bits per heavy atom. The van der Waals surface area contributed by atoms with Gasteiger partial charge in [-0.1, -0.05) is 35.9 Å². The van der Waals surface area contributed by atoms with Crippen molar-refractivity contribution in [2.24, 2.45) is 0 Å². The number of carbonyl (C=O) groups excluding carboxylic acids is 1. The molecular weight excluding hydrogens is 477 g/mol. The van der Waals surface area contributed by atoms with Gasteiger partial charge in [0.1, 0.15) is 5.60 Å². The molecule has 0 aliphatic heterocycles. The molecule has 1 atom stereocenters. The van der Waals surface area contributed by atoms with E-state index in [4.69, 9.17) is 16.3 Å². The fourth-order valence-electron chi connectivity index (χ4n) is 2.53. The van der Waals surface area contributed by atoms with Gasteiger partial charge in [0.15, 0.2) is 0 Å². The van der Waals surface area contributed by atoms with Crippen molar-refractivity contribution in [1.82, 2.24) is 4.90 Å². The van der Waals surface area contributed by atoms with Crippen molar-refractivity contribution in [1.29, 1.82) is 0 Å². The Labute approximate surface area is 179 Å². The number of ether oxygens (including phenoxy) is 1. The number of halogens is 2. The lowest BCUT2D eigenvalue weighted by Crippen LogP contribution is -2.40. The van der Waals surface area contributed by atoms with Gasteiger partial charge >= 0.3 is 6.09 Å². The Bertz CT molecular complexity index is 759. The van der Waals surface area contributed by atoms with Crippen molar-refractivity contribution in [3.63, 3.8) is 0 Å². The quantitative estimate of drug-likeness (QED) is 0.535. The highest BCUT2D eigenvalue weighted by atomic mass is 127. The zero-order valence-electron chi connectivity index (χ0n) is 15.8. The van der Waals surface area contributed by atoms with Gasteiger partial charge in [-0.25, -0.2) is 4.79 Å². The van der Waals surface area contributed by atoms with Gasteiger partial charge in [-0.2, -0.15) is 0 Å². The Morgan fingerprint density at radius 3 is 2.48 bits per heavy atom. The van der Waals surface area contributed by atoms with Crippen LogP contribution < -0.4 is 0 Å². The Hall–Kier alpha value is -1.31. The molecule has 4 nitrogen and oxygen atoms in total. The zero-order valence-corrected chi connectivity index (χ0v) is 18.7. The van der Waals surface area contributed by atoms with Crippen molar-refractivity contribution in [2.45, 2.75) is 38.9 Å². The summed E-state index contributed by atoms with van der Waals surface area (Å²) in [5.41, 5.74) is 1.20. The minimum Gasteiger partial charge on any atom is -0.444 e. The van der Waals surface area contributed by atoms with E-state index in [1.54, 1.807) is 29.2 Å². The molecule has 27 heavy (non-hydrogen) atoms. The summed E-state index contributed by atoms with van der Waals surface area (Å²) < 4.78 is 6.68. The number of aliphatic hydroxyl groups excluding tert-OH is 1. The number of hydrogen-bond donors (Lipinski definition) is 1. The lowest BCUT2D eigenvalue weighted by molar-refractivity contribution is 0.0147. The molecule has 0 aliphatic rings. The number of benzene rings is 2. The molecule has 0 aromatic heterocycles. The van der Waals surface area contributed by atoms with Crippen LogP contribution in [0.15, 0.2) is 48.5 Å². The minimum absolute atomic E-state index is 0.139. The molecule has 0 radical (unpaired) electrons. The number of rotatable bonds is 6. The summed E-state index contributed by atoms with van der Waals surface area (Å²) in [5.74, 6) is 0. The monoisotopic (exact) mass is 501 g/mol. The lowest BCUT2D eigenvalue weighted by Gasteiger charge is -2.29. The van der Waals surface area contributed by atoms with Crippen LogP contribution in [0.1, 0.15) is 38.0 Å². The molecule has 0 fully saturated rings. The molecule has 0 bridgehead atoms. The molecule has 2 aromatic carbocycles. The van der Waals surface area contributed by atoms with Gasteiger partial charge in [0.2, 0.25) is 0 Å². The third kappa shape index (κ3) is 7.68. The van der Waals surface area contributed by atoms with Crippen LogP contribution in [0.25, 0.3) is 0 Å². The molecule has 0 unspecified atom stereocenters. The highest BCUT2D eigenvalue weighted by Crippen LogP contribution is 2.20. The van der Waals surface area contributed by atoms with E-state index in [9.17, 15) is 9.90 Å². The van der Waals surface area contributed by atoms with Crippen LogP contribution in [-0.4, -0.2) is 34.8 Å². The normalized spacial score (nSPS) is 12.5. The van der Waals surface area contributed by atoms with E-state index in [-0.39, 0.29) is 6.54 Å². The maximum Gasteiger partial charge on any atom is 0.410 e. The molecular formula is C21H25ClINO3. The first-order chi connectivity index (χ1) is 12.6. The Kier molecular flexibility index (Phi) is 7.94. The van der Waals surface area contributed by atoms with Crippen molar-refractivity contribution >= 4 is 40.3 Å². The summed E-state index contributed by atoms with van der Waals surface area (Å²) in [6.45, 7) is 6.08. The summed E-state index contributed by atoms with van der Waals surface area (Å²) in [4.78, 5) is 14.2. The maximum atomic E-state index is 12.6. The van der Waals surface area contributed by atoms with Gasteiger partial charge < -0.3 is 14.7 Å². The highest BCUT2D eigenvalue weighted by molar-refractivity contribution is 14.1. The predicted octanol–water partition coefficient (Wildman–Crippen LogP) is 5.46. The van der Waals surface area contributed by atoms with E-state index in [0.29, 0.717) is 23.6 Å². The van der Waals surface area contributed by atoms with E-state index in [0.717, 1.165) is 9.13 Å². The lowest BCUT2D eigenvalue weighted by atomic mass is 10.1. The van der Waals surface area contributed by atoms with Crippen molar-refractivity contribution in [3.05, 3.63) is 68.3 Å². The summed E-state index contributed by atoms with van der Waals surface area (Å²) >= 11 is 8.27. The van der Waals surface area contributed by atoms with Crippen LogP contribution in [0, 0.1) is 3.57 Å². The SMILES string of the molecule is CC(C)(C)OC(=O)N(CCc1ccc(I)cc1)C[C@H](O)c1cccc(Cl)c1. The van der Waals surface area contributed by atoms with Gasteiger partial charge in [-0.05, 0) is 85.2 Å². The summed E-state index contributed by atoms with van der Waals surface area (Å²) in [6.07, 6.45) is -0.597. The van der Waals surface area contributed by atoms with E-state index in [1.807, 2.05) is 45.0 Å². The van der Waals surface area contributed by atoms with Crippen LogP contribution in [0.5, 0.6) is 0 Å². The molecule has 0 saturated carbocycles. The molecule has 2 aromatic rings. The third-order valence-corrected chi connectivity index (χ3v) is 4.82. The fraction of sp³-hybridized carbons (Fsp3) is 0.381. The standard InChI is InChI=1S/C21H25ClINO3/c1-21(2,3)27-20(26)24(12-11-15-7-9-18(23)10-8-15)14-19(25)16-5-4-6-17(22)13-16/h4-10,13,19,25H,11-12,14H2,1-3H3/t19-/m0/s1. The zero-order chi connectivity index (χ0) is 20.0. The average Bonchev–Trinajstić information content (AvgIpc) is 2.58. The van der Waals surface area contributed by atoms with Gasteiger partial charge in [0.05, 0.1) is 12.6 Å². The third-order valence-electron chi connectivity index (χ3n) is 3.86. The van der Waals surface area contributed by atoms with Crippen LogP contribution in [0.4, 0.5) is 4.79 Å². The second-order valence-electron chi connectivity index (χ2n) is 7.37. The van der Waals surface area contributed by atoms with E-state index in [2.05, 4.69) is 22.6 Å². The molecule has 2 rings (SSSR count). The molecule has 1 N–H and O–H groups in total. The first kappa shape index (κ1) is 22.0. The number of amides is 1. The first-order valence-electron chi connectivity index (χ1n) is 8.80. The van der Waals surface area contributed by atoms with Crippen molar-refractivity contribution in [3.8, 4) is 0 Å². The van der Waals surface area contributed by atoms with Gasteiger partial charge in [0, 0.05) is 15.1 Å². The average molecular weight is 502 g/mol. The topological polar surface area (TPSA) is 49.8 Å². The molecule has 0 aliphatic carbocycles. The van der Waals surface area contributed by atoms with Gasteiger partial charge in [0.25, 0.3) is 0 Å². The molecule has 6 heteroatoms. The first-order valence-corrected chi connectivity index (χ1v) is 10.3. The Balaban J connectivity index is 2.10. The molecule has 146 valence electrons. The van der Waals surface area contributed by atoms with E-state index < -0.39 is 17.8 Å². The van der Waals surface area contributed by atoms with E-state index >= 15 is 0 Å². The van der Waals surface area contributed by atoms with Crippen LogP contribution in [-0.2, 0) is 11.2 Å². The molecule has 1 amide bonds. The van der Waals surface area contributed by atoms with Crippen molar-refractivity contribution < 1.29 is 14.6 Å². The maximum absolute atomic E-state index is 12.6.